The van der Waals surface area contributed by atoms with Gasteiger partial charge in [-0.3, -0.25) is 9.59 Å². The highest BCUT2D eigenvalue weighted by Crippen LogP contribution is 2.21. The molecular weight excluding hydrogens is 346 g/mol. The van der Waals surface area contributed by atoms with E-state index in [-0.39, 0.29) is 18.1 Å². The molecule has 0 atom stereocenters. The highest BCUT2D eigenvalue weighted by Gasteiger charge is 2.16. The van der Waals surface area contributed by atoms with Gasteiger partial charge in [0.15, 0.2) is 5.78 Å². The first-order valence-corrected chi connectivity index (χ1v) is 8.66. The van der Waals surface area contributed by atoms with Gasteiger partial charge in [-0.05, 0) is 36.8 Å². The number of amides is 1. The van der Waals surface area contributed by atoms with Crippen LogP contribution < -0.4 is 5.32 Å². The molecule has 0 aliphatic rings. The third-order valence-corrected chi connectivity index (χ3v) is 4.37. The van der Waals surface area contributed by atoms with E-state index in [1.807, 2.05) is 31.2 Å². The standard InChI is InChI=1S/C22H18ClNO2/c1-15-7-6-8-16(13-15)14-21(25)18-10-3-5-12-20(18)24-22(26)17-9-2-4-11-19(17)23/h2-13H,14H2,1H3,(H,24,26). The lowest BCUT2D eigenvalue weighted by atomic mass is 10.00. The molecule has 3 aromatic carbocycles. The van der Waals surface area contributed by atoms with Crippen molar-refractivity contribution < 1.29 is 9.59 Å². The van der Waals surface area contributed by atoms with E-state index in [4.69, 9.17) is 11.6 Å². The van der Waals surface area contributed by atoms with E-state index in [0.29, 0.717) is 21.8 Å². The summed E-state index contributed by atoms with van der Waals surface area (Å²) in [5.74, 6) is -0.392. The van der Waals surface area contributed by atoms with Crippen molar-refractivity contribution in [2.75, 3.05) is 5.32 Å². The Morgan fingerprint density at radius 2 is 1.58 bits per heavy atom. The fraction of sp³-hybridized carbons (Fsp3) is 0.0909. The lowest BCUT2D eigenvalue weighted by Crippen LogP contribution is -2.16. The van der Waals surface area contributed by atoms with Crippen molar-refractivity contribution in [2.45, 2.75) is 13.3 Å². The summed E-state index contributed by atoms with van der Waals surface area (Å²) < 4.78 is 0. The Morgan fingerprint density at radius 1 is 0.885 bits per heavy atom. The van der Waals surface area contributed by atoms with Crippen LogP contribution in [0.1, 0.15) is 31.8 Å². The number of ketones is 1. The summed E-state index contributed by atoms with van der Waals surface area (Å²) in [4.78, 5) is 25.3. The molecule has 1 N–H and O–H groups in total. The van der Waals surface area contributed by atoms with E-state index < -0.39 is 0 Å². The Hall–Kier alpha value is -2.91. The normalized spacial score (nSPS) is 10.4. The van der Waals surface area contributed by atoms with Gasteiger partial charge in [0.2, 0.25) is 0 Å². The van der Waals surface area contributed by atoms with Gasteiger partial charge in [0.1, 0.15) is 0 Å². The van der Waals surface area contributed by atoms with Gasteiger partial charge in [-0.25, -0.2) is 0 Å². The Morgan fingerprint density at radius 3 is 2.31 bits per heavy atom. The summed E-state index contributed by atoms with van der Waals surface area (Å²) in [6.45, 7) is 1.99. The van der Waals surface area contributed by atoms with Crippen LogP contribution in [0.2, 0.25) is 5.02 Å². The minimum atomic E-state index is -0.341. The van der Waals surface area contributed by atoms with Gasteiger partial charge < -0.3 is 5.32 Å². The number of aryl methyl sites for hydroxylation is 1. The molecule has 1 amide bonds. The van der Waals surface area contributed by atoms with Gasteiger partial charge in [-0.15, -0.1) is 0 Å². The zero-order valence-corrected chi connectivity index (χ0v) is 15.1. The van der Waals surface area contributed by atoms with E-state index in [1.165, 1.54) is 0 Å². The van der Waals surface area contributed by atoms with Crippen molar-refractivity contribution in [1.29, 1.82) is 0 Å². The summed E-state index contributed by atoms with van der Waals surface area (Å²) in [5, 5.41) is 3.17. The Balaban J connectivity index is 1.83. The Bertz CT molecular complexity index is 966. The first-order valence-electron chi connectivity index (χ1n) is 8.28. The number of para-hydroxylation sites is 1. The number of rotatable bonds is 5. The lowest BCUT2D eigenvalue weighted by Gasteiger charge is -2.11. The molecule has 0 aromatic heterocycles. The number of halogens is 1. The van der Waals surface area contributed by atoms with Crippen LogP contribution in [0.4, 0.5) is 5.69 Å². The SMILES string of the molecule is Cc1cccc(CC(=O)c2ccccc2NC(=O)c2ccccc2Cl)c1. The fourth-order valence-corrected chi connectivity index (χ4v) is 2.99. The summed E-state index contributed by atoms with van der Waals surface area (Å²) in [6, 6.07) is 21.7. The van der Waals surface area contributed by atoms with Gasteiger partial charge in [0.05, 0.1) is 16.3 Å². The van der Waals surface area contributed by atoms with Crippen LogP contribution in [-0.4, -0.2) is 11.7 Å². The highest BCUT2D eigenvalue weighted by molar-refractivity contribution is 6.34. The monoisotopic (exact) mass is 363 g/mol. The molecule has 3 nitrogen and oxygen atoms in total. The second-order valence-electron chi connectivity index (χ2n) is 6.07. The molecule has 0 saturated heterocycles. The van der Waals surface area contributed by atoms with Gasteiger partial charge in [-0.1, -0.05) is 65.7 Å². The maximum absolute atomic E-state index is 12.8. The number of nitrogens with one attached hydrogen (secondary N) is 1. The molecule has 0 fully saturated rings. The minimum absolute atomic E-state index is 0.0503. The van der Waals surface area contributed by atoms with E-state index >= 15 is 0 Å². The van der Waals surface area contributed by atoms with Crippen LogP contribution in [0.25, 0.3) is 0 Å². The van der Waals surface area contributed by atoms with Crippen LogP contribution in [-0.2, 0) is 6.42 Å². The minimum Gasteiger partial charge on any atom is -0.321 e. The van der Waals surface area contributed by atoms with E-state index in [0.717, 1.165) is 11.1 Å². The number of carbonyl (C=O) groups excluding carboxylic acids is 2. The number of anilines is 1. The maximum atomic E-state index is 12.8. The van der Waals surface area contributed by atoms with Crippen LogP contribution in [0.3, 0.4) is 0 Å². The Kier molecular flexibility index (Phi) is 5.49. The maximum Gasteiger partial charge on any atom is 0.257 e. The zero-order valence-electron chi connectivity index (χ0n) is 14.3. The average Bonchev–Trinajstić information content (AvgIpc) is 2.62. The molecule has 0 unspecified atom stereocenters. The predicted octanol–water partition coefficient (Wildman–Crippen LogP) is 5.33. The first kappa shape index (κ1) is 17.9. The molecule has 0 radical (unpaired) electrons. The van der Waals surface area contributed by atoms with Gasteiger partial charge >= 0.3 is 0 Å². The molecule has 0 aliphatic carbocycles. The number of Topliss-reactive ketones (excluding diaryl/α,β-unsaturated/α-hetero) is 1. The largest absolute Gasteiger partial charge is 0.321 e. The van der Waals surface area contributed by atoms with Crippen LogP contribution in [0, 0.1) is 6.92 Å². The second-order valence-corrected chi connectivity index (χ2v) is 6.48. The molecule has 0 spiro atoms. The van der Waals surface area contributed by atoms with Crippen molar-refractivity contribution >= 4 is 29.0 Å². The highest BCUT2D eigenvalue weighted by atomic mass is 35.5. The molecule has 3 rings (SSSR count). The average molecular weight is 364 g/mol. The van der Waals surface area contributed by atoms with E-state index in [1.54, 1.807) is 48.5 Å². The molecule has 130 valence electrons. The van der Waals surface area contributed by atoms with Gasteiger partial charge in [-0.2, -0.15) is 0 Å². The smallest absolute Gasteiger partial charge is 0.257 e. The third-order valence-electron chi connectivity index (χ3n) is 4.04. The molecule has 3 aromatic rings. The number of carbonyl (C=O) groups is 2. The Labute approximate surface area is 157 Å². The molecule has 0 saturated carbocycles. The predicted molar refractivity (Wildman–Crippen MR) is 105 cm³/mol. The molecule has 0 bridgehead atoms. The van der Waals surface area contributed by atoms with Crippen molar-refractivity contribution in [2.24, 2.45) is 0 Å². The summed E-state index contributed by atoms with van der Waals surface area (Å²) >= 11 is 6.08. The van der Waals surface area contributed by atoms with Crippen molar-refractivity contribution in [1.82, 2.24) is 0 Å². The molecule has 4 heteroatoms. The van der Waals surface area contributed by atoms with Crippen molar-refractivity contribution in [3.63, 3.8) is 0 Å². The molecule has 0 aliphatic heterocycles. The third kappa shape index (κ3) is 4.19. The number of hydrogen-bond acceptors (Lipinski definition) is 2. The van der Waals surface area contributed by atoms with Crippen LogP contribution in [0.15, 0.2) is 72.8 Å². The van der Waals surface area contributed by atoms with Gasteiger partial charge in [0, 0.05) is 12.0 Å². The lowest BCUT2D eigenvalue weighted by molar-refractivity contribution is 0.0994. The molecule has 26 heavy (non-hydrogen) atoms. The molecule has 0 heterocycles. The summed E-state index contributed by atoms with van der Waals surface area (Å²) in [7, 11) is 0. The van der Waals surface area contributed by atoms with Crippen LogP contribution >= 0.6 is 11.6 Å². The summed E-state index contributed by atoms with van der Waals surface area (Å²) in [6.07, 6.45) is 0.278. The molecular formula is C22H18ClNO2. The fourth-order valence-electron chi connectivity index (χ4n) is 2.77. The van der Waals surface area contributed by atoms with Crippen molar-refractivity contribution in [3.05, 3.63) is 100 Å². The van der Waals surface area contributed by atoms with Gasteiger partial charge in [0.25, 0.3) is 5.91 Å². The quantitative estimate of drug-likeness (QED) is 0.623. The number of benzene rings is 3. The van der Waals surface area contributed by atoms with Crippen LogP contribution in [0.5, 0.6) is 0 Å². The topological polar surface area (TPSA) is 46.2 Å². The first-order chi connectivity index (χ1) is 12.5. The van der Waals surface area contributed by atoms with Crippen molar-refractivity contribution in [3.8, 4) is 0 Å². The summed E-state index contributed by atoms with van der Waals surface area (Å²) in [5.41, 5.74) is 3.39. The van der Waals surface area contributed by atoms with E-state index in [2.05, 4.69) is 5.32 Å². The second kappa shape index (κ2) is 7.98. The number of hydrogen-bond donors (Lipinski definition) is 1. The zero-order chi connectivity index (χ0) is 18.5. The van der Waals surface area contributed by atoms with E-state index in [9.17, 15) is 9.59 Å².